The predicted molar refractivity (Wildman–Crippen MR) is 45.7 cm³/mol. The van der Waals surface area contributed by atoms with Gasteiger partial charge in [-0.3, -0.25) is 0 Å². The van der Waals surface area contributed by atoms with Crippen molar-refractivity contribution in [2.24, 2.45) is 0 Å². The Morgan fingerprint density at radius 3 is 2.73 bits per heavy atom. The topological polar surface area (TPSA) is 41.5 Å². The van der Waals surface area contributed by atoms with Crippen molar-refractivity contribution in [1.82, 2.24) is 5.32 Å². The molecule has 1 atom stereocenters. The number of rotatable bonds is 7. The van der Waals surface area contributed by atoms with Crippen molar-refractivity contribution >= 4 is 0 Å². The molecule has 0 amide bonds. The summed E-state index contributed by atoms with van der Waals surface area (Å²) in [6, 6.07) is 0.310. The smallest absolute Gasteiger partial charge is 0.0616 e. The van der Waals surface area contributed by atoms with Crippen LogP contribution in [0.3, 0.4) is 0 Å². The quantitative estimate of drug-likeness (QED) is 0.567. The minimum atomic E-state index is 0.227. The third kappa shape index (κ3) is 6.28. The zero-order valence-electron chi connectivity index (χ0n) is 7.47. The van der Waals surface area contributed by atoms with E-state index in [0.717, 1.165) is 19.4 Å². The van der Waals surface area contributed by atoms with E-state index in [1.54, 1.807) is 7.11 Å². The monoisotopic (exact) mass is 161 g/mol. The van der Waals surface area contributed by atoms with Gasteiger partial charge >= 0.3 is 0 Å². The van der Waals surface area contributed by atoms with Crippen molar-refractivity contribution in [3.63, 3.8) is 0 Å². The van der Waals surface area contributed by atoms with E-state index in [2.05, 4.69) is 12.2 Å². The van der Waals surface area contributed by atoms with Crippen LogP contribution in [0.2, 0.25) is 0 Å². The third-order valence-corrected chi connectivity index (χ3v) is 1.53. The van der Waals surface area contributed by atoms with Gasteiger partial charge < -0.3 is 15.2 Å². The zero-order chi connectivity index (χ0) is 8.53. The second-order valence-corrected chi connectivity index (χ2v) is 2.62. The average molecular weight is 161 g/mol. The standard InChI is InChI=1S/C8H19NO2/c1-3-5-9-8(4-6-10)7-11-2/h8-10H,3-7H2,1-2H3. The first-order chi connectivity index (χ1) is 5.35. The summed E-state index contributed by atoms with van der Waals surface area (Å²) in [4.78, 5) is 0. The Hall–Kier alpha value is -0.120. The van der Waals surface area contributed by atoms with Crippen LogP contribution in [0, 0.1) is 0 Å². The van der Waals surface area contributed by atoms with Gasteiger partial charge in [-0.25, -0.2) is 0 Å². The van der Waals surface area contributed by atoms with E-state index in [9.17, 15) is 0 Å². The van der Waals surface area contributed by atoms with Crippen molar-refractivity contribution in [3.05, 3.63) is 0 Å². The number of methoxy groups -OCH3 is 1. The lowest BCUT2D eigenvalue weighted by molar-refractivity contribution is 0.149. The number of aliphatic hydroxyl groups excluding tert-OH is 1. The Morgan fingerprint density at radius 1 is 1.55 bits per heavy atom. The molecule has 0 aromatic carbocycles. The molecule has 0 heterocycles. The molecule has 0 rings (SSSR count). The molecule has 0 saturated carbocycles. The molecule has 0 saturated heterocycles. The van der Waals surface area contributed by atoms with Crippen LogP contribution < -0.4 is 5.32 Å². The largest absolute Gasteiger partial charge is 0.396 e. The fourth-order valence-corrected chi connectivity index (χ4v) is 0.950. The van der Waals surface area contributed by atoms with Gasteiger partial charge in [-0.1, -0.05) is 6.92 Å². The molecule has 68 valence electrons. The molecule has 0 aromatic rings. The Morgan fingerprint density at radius 2 is 2.27 bits per heavy atom. The van der Waals surface area contributed by atoms with Crippen LogP contribution in [0.5, 0.6) is 0 Å². The minimum Gasteiger partial charge on any atom is -0.396 e. The van der Waals surface area contributed by atoms with Crippen molar-refractivity contribution < 1.29 is 9.84 Å². The number of nitrogens with one attached hydrogen (secondary N) is 1. The zero-order valence-corrected chi connectivity index (χ0v) is 7.47. The molecule has 1 unspecified atom stereocenters. The molecule has 0 bridgehead atoms. The number of aliphatic hydroxyl groups is 1. The lowest BCUT2D eigenvalue weighted by Crippen LogP contribution is -2.34. The fraction of sp³-hybridized carbons (Fsp3) is 1.00. The summed E-state index contributed by atoms with van der Waals surface area (Å²) >= 11 is 0. The van der Waals surface area contributed by atoms with E-state index < -0.39 is 0 Å². The van der Waals surface area contributed by atoms with E-state index >= 15 is 0 Å². The van der Waals surface area contributed by atoms with Crippen LogP contribution in [-0.2, 0) is 4.74 Å². The summed E-state index contributed by atoms with van der Waals surface area (Å²) in [6.45, 7) is 4.02. The molecule has 0 aliphatic heterocycles. The highest BCUT2D eigenvalue weighted by Gasteiger charge is 2.04. The Kier molecular flexibility index (Phi) is 7.89. The van der Waals surface area contributed by atoms with Crippen LogP contribution in [0.4, 0.5) is 0 Å². The molecule has 0 spiro atoms. The minimum absolute atomic E-state index is 0.227. The van der Waals surface area contributed by atoms with Gasteiger partial charge in [0.15, 0.2) is 0 Å². The molecular weight excluding hydrogens is 142 g/mol. The van der Waals surface area contributed by atoms with Crippen LogP contribution in [0.15, 0.2) is 0 Å². The highest BCUT2D eigenvalue weighted by atomic mass is 16.5. The maximum Gasteiger partial charge on any atom is 0.0616 e. The van der Waals surface area contributed by atoms with E-state index in [-0.39, 0.29) is 6.61 Å². The van der Waals surface area contributed by atoms with Gasteiger partial charge in [0.05, 0.1) is 6.61 Å². The van der Waals surface area contributed by atoms with E-state index in [4.69, 9.17) is 9.84 Å². The third-order valence-electron chi connectivity index (χ3n) is 1.53. The molecule has 11 heavy (non-hydrogen) atoms. The van der Waals surface area contributed by atoms with Crippen LogP contribution in [0.1, 0.15) is 19.8 Å². The molecular formula is C8H19NO2. The van der Waals surface area contributed by atoms with Crippen molar-refractivity contribution in [1.29, 1.82) is 0 Å². The maximum absolute atomic E-state index is 8.67. The summed E-state index contributed by atoms with van der Waals surface area (Å²) in [6.07, 6.45) is 1.89. The summed E-state index contributed by atoms with van der Waals surface area (Å²) in [5.74, 6) is 0. The van der Waals surface area contributed by atoms with E-state index in [1.165, 1.54) is 0 Å². The lowest BCUT2D eigenvalue weighted by atomic mass is 10.2. The molecule has 0 aliphatic carbocycles. The van der Waals surface area contributed by atoms with Crippen molar-refractivity contribution in [2.75, 3.05) is 26.9 Å². The predicted octanol–water partition coefficient (Wildman–Crippen LogP) is 0.383. The highest BCUT2D eigenvalue weighted by Crippen LogP contribution is 1.91. The number of ether oxygens (including phenoxy) is 1. The first kappa shape index (κ1) is 10.9. The first-order valence-corrected chi connectivity index (χ1v) is 4.18. The van der Waals surface area contributed by atoms with Gasteiger partial charge in [-0.2, -0.15) is 0 Å². The maximum atomic E-state index is 8.67. The van der Waals surface area contributed by atoms with Crippen molar-refractivity contribution in [3.8, 4) is 0 Å². The average Bonchev–Trinajstić information content (AvgIpc) is 2.01. The van der Waals surface area contributed by atoms with Gasteiger partial charge in [0, 0.05) is 19.8 Å². The molecule has 0 radical (unpaired) electrons. The molecule has 3 heteroatoms. The van der Waals surface area contributed by atoms with Crippen LogP contribution >= 0.6 is 0 Å². The SMILES string of the molecule is CCCNC(CCO)COC. The van der Waals surface area contributed by atoms with Gasteiger partial charge in [0.1, 0.15) is 0 Å². The van der Waals surface area contributed by atoms with E-state index in [1.807, 2.05) is 0 Å². The Balaban J connectivity index is 3.34. The molecule has 0 aliphatic rings. The lowest BCUT2D eigenvalue weighted by Gasteiger charge is -2.15. The second kappa shape index (κ2) is 7.98. The molecule has 0 fully saturated rings. The molecule has 3 nitrogen and oxygen atoms in total. The summed E-state index contributed by atoms with van der Waals surface area (Å²) in [7, 11) is 1.68. The van der Waals surface area contributed by atoms with Crippen LogP contribution in [-0.4, -0.2) is 38.0 Å². The second-order valence-electron chi connectivity index (χ2n) is 2.62. The van der Waals surface area contributed by atoms with Gasteiger partial charge in [-0.15, -0.1) is 0 Å². The highest BCUT2D eigenvalue weighted by molar-refractivity contribution is 4.64. The first-order valence-electron chi connectivity index (χ1n) is 4.18. The van der Waals surface area contributed by atoms with Gasteiger partial charge in [0.2, 0.25) is 0 Å². The van der Waals surface area contributed by atoms with Gasteiger partial charge in [0.25, 0.3) is 0 Å². The molecule has 0 aromatic heterocycles. The van der Waals surface area contributed by atoms with Crippen molar-refractivity contribution in [2.45, 2.75) is 25.8 Å². The summed E-state index contributed by atoms with van der Waals surface area (Å²) in [5, 5.41) is 12.0. The summed E-state index contributed by atoms with van der Waals surface area (Å²) < 4.78 is 4.98. The number of hydrogen-bond acceptors (Lipinski definition) is 3. The van der Waals surface area contributed by atoms with Crippen LogP contribution in [0.25, 0.3) is 0 Å². The molecule has 2 N–H and O–H groups in total. The van der Waals surface area contributed by atoms with Gasteiger partial charge in [-0.05, 0) is 19.4 Å². The van der Waals surface area contributed by atoms with E-state index in [0.29, 0.717) is 12.6 Å². The number of hydrogen-bond donors (Lipinski definition) is 2. The Bertz CT molecular complexity index is 72.5. The fourth-order valence-electron chi connectivity index (χ4n) is 0.950. The normalized spacial score (nSPS) is 13.4. The Labute approximate surface area is 68.8 Å². The summed E-state index contributed by atoms with van der Waals surface area (Å²) in [5.41, 5.74) is 0.